The van der Waals surface area contributed by atoms with E-state index in [9.17, 15) is 13.2 Å². The van der Waals surface area contributed by atoms with E-state index in [0.29, 0.717) is 11.2 Å². The summed E-state index contributed by atoms with van der Waals surface area (Å²) in [6, 6.07) is 9.51. The number of nitrogens with one attached hydrogen (secondary N) is 2. The van der Waals surface area contributed by atoms with Crippen molar-refractivity contribution < 1.29 is 17.9 Å². The standard InChI is InChI=1S/C23H26F3N5O/c1-32-15-8-10-31(11-9-15)18-7-6-14-4-2-3-5-16(14)20(18)30-22-17-12-19(23(24,25)26)29-21(17)27-13-28-22/h2-5,12-13,15,18,20H,6-11H2,1H3,(H2,27,28,29,30). The van der Waals surface area contributed by atoms with Gasteiger partial charge in [-0.15, -0.1) is 0 Å². The number of aryl methyl sites for hydroxylation is 1. The minimum atomic E-state index is -4.47. The van der Waals surface area contributed by atoms with Crippen molar-refractivity contribution in [1.82, 2.24) is 19.9 Å². The van der Waals surface area contributed by atoms with Gasteiger partial charge in [-0.2, -0.15) is 13.2 Å². The van der Waals surface area contributed by atoms with Crippen LogP contribution in [0.15, 0.2) is 36.7 Å². The molecule has 2 atom stereocenters. The third kappa shape index (κ3) is 3.95. The third-order valence-electron chi connectivity index (χ3n) is 6.79. The molecule has 1 aliphatic heterocycles. The molecule has 3 heterocycles. The zero-order valence-electron chi connectivity index (χ0n) is 17.8. The first-order valence-corrected chi connectivity index (χ1v) is 11.0. The van der Waals surface area contributed by atoms with Crippen LogP contribution in [0.2, 0.25) is 0 Å². The Balaban J connectivity index is 1.50. The van der Waals surface area contributed by atoms with Gasteiger partial charge in [-0.25, -0.2) is 9.97 Å². The molecule has 5 rings (SSSR count). The topological polar surface area (TPSA) is 66.1 Å². The fourth-order valence-corrected chi connectivity index (χ4v) is 5.11. The molecule has 32 heavy (non-hydrogen) atoms. The van der Waals surface area contributed by atoms with Gasteiger partial charge in [-0.1, -0.05) is 24.3 Å². The van der Waals surface area contributed by atoms with E-state index in [4.69, 9.17) is 4.74 Å². The van der Waals surface area contributed by atoms with Gasteiger partial charge in [0.2, 0.25) is 0 Å². The predicted octanol–water partition coefficient (Wildman–Crippen LogP) is 4.56. The molecule has 1 fully saturated rings. The summed E-state index contributed by atoms with van der Waals surface area (Å²) in [4.78, 5) is 13.2. The second-order valence-corrected chi connectivity index (χ2v) is 8.56. The van der Waals surface area contributed by atoms with Crippen molar-refractivity contribution in [2.75, 3.05) is 25.5 Å². The number of piperidine rings is 1. The van der Waals surface area contributed by atoms with E-state index in [1.54, 1.807) is 7.11 Å². The summed E-state index contributed by atoms with van der Waals surface area (Å²) in [6.07, 6.45) is 1.03. The number of ether oxygens (including phenoxy) is 1. The number of likely N-dealkylation sites (tertiary alicyclic amines) is 1. The number of methoxy groups -OCH3 is 1. The Labute approximate surface area is 184 Å². The maximum absolute atomic E-state index is 13.3. The van der Waals surface area contributed by atoms with Crippen LogP contribution in [0.5, 0.6) is 0 Å². The lowest BCUT2D eigenvalue weighted by Gasteiger charge is -2.44. The Morgan fingerprint density at radius 3 is 2.66 bits per heavy atom. The molecule has 2 N–H and O–H groups in total. The lowest BCUT2D eigenvalue weighted by molar-refractivity contribution is -0.140. The van der Waals surface area contributed by atoms with Gasteiger partial charge in [0.15, 0.2) is 0 Å². The van der Waals surface area contributed by atoms with Gasteiger partial charge in [-0.3, -0.25) is 4.90 Å². The lowest BCUT2D eigenvalue weighted by atomic mass is 9.82. The second-order valence-electron chi connectivity index (χ2n) is 8.56. The second kappa shape index (κ2) is 8.37. The quantitative estimate of drug-likeness (QED) is 0.617. The Bertz CT molecular complexity index is 1090. The van der Waals surface area contributed by atoms with E-state index in [-0.39, 0.29) is 23.8 Å². The number of alkyl halides is 3. The van der Waals surface area contributed by atoms with Gasteiger partial charge < -0.3 is 15.0 Å². The van der Waals surface area contributed by atoms with Crippen molar-refractivity contribution in [3.8, 4) is 0 Å². The average molecular weight is 445 g/mol. The molecule has 0 spiro atoms. The number of hydrogen-bond donors (Lipinski definition) is 2. The molecule has 0 amide bonds. The van der Waals surface area contributed by atoms with E-state index >= 15 is 0 Å². The summed E-state index contributed by atoms with van der Waals surface area (Å²) in [6.45, 7) is 1.87. The molecule has 1 saturated heterocycles. The van der Waals surface area contributed by atoms with Crippen molar-refractivity contribution >= 4 is 16.9 Å². The summed E-state index contributed by atoms with van der Waals surface area (Å²) in [7, 11) is 1.76. The van der Waals surface area contributed by atoms with Gasteiger partial charge >= 0.3 is 6.18 Å². The van der Waals surface area contributed by atoms with Crippen molar-refractivity contribution in [3.05, 3.63) is 53.5 Å². The number of benzene rings is 1. The molecule has 0 saturated carbocycles. The van der Waals surface area contributed by atoms with Crippen LogP contribution in [0, 0.1) is 0 Å². The molecular weight excluding hydrogens is 419 g/mol. The number of fused-ring (bicyclic) bond motifs is 2. The van der Waals surface area contributed by atoms with Gasteiger partial charge in [0.05, 0.1) is 17.5 Å². The Kier molecular flexibility index (Phi) is 5.54. The van der Waals surface area contributed by atoms with Crippen LogP contribution in [0.3, 0.4) is 0 Å². The number of hydrogen-bond acceptors (Lipinski definition) is 5. The lowest BCUT2D eigenvalue weighted by Crippen LogP contribution is -2.49. The first-order chi connectivity index (χ1) is 15.4. The molecule has 2 aromatic heterocycles. The van der Waals surface area contributed by atoms with Crippen molar-refractivity contribution in [2.45, 2.75) is 50.0 Å². The molecule has 1 aromatic carbocycles. The normalized spacial score (nSPS) is 22.8. The van der Waals surface area contributed by atoms with Crippen molar-refractivity contribution in [2.24, 2.45) is 0 Å². The number of halogens is 3. The zero-order valence-corrected chi connectivity index (χ0v) is 17.8. The molecule has 2 aliphatic rings. The molecule has 9 heteroatoms. The van der Waals surface area contributed by atoms with Gasteiger partial charge in [0.25, 0.3) is 0 Å². The minimum Gasteiger partial charge on any atom is -0.381 e. The van der Waals surface area contributed by atoms with Crippen LogP contribution in [0.4, 0.5) is 19.0 Å². The highest BCUT2D eigenvalue weighted by Crippen LogP contribution is 2.38. The average Bonchev–Trinajstić information content (AvgIpc) is 3.26. The number of H-pyrrole nitrogens is 1. The fraction of sp³-hybridized carbons (Fsp3) is 0.478. The zero-order chi connectivity index (χ0) is 22.3. The summed E-state index contributed by atoms with van der Waals surface area (Å²) in [5.74, 6) is 0.417. The summed E-state index contributed by atoms with van der Waals surface area (Å²) >= 11 is 0. The predicted molar refractivity (Wildman–Crippen MR) is 115 cm³/mol. The van der Waals surface area contributed by atoms with E-state index in [1.807, 2.05) is 12.1 Å². The molecule has 0 radical (unpaired) electrons. The first kappa shape index (κ1) is 21.2. The van der Waals surface area contributed by atoms with Crippen LogP contribution in [0.25, 0.3) is 11.0 Å². The third-order valence-corrected chi connectivity index (χ3v) is 6.79. The maximum Gasteiger partial charge on any atom is 0.431 e. The number of nitrogens with zero attached hydrogens (tertiary/aromatic N) is 3. The number of aromatic nitrogens is 3. The molecule has 170 valence electrons. The summed E-state index contributed by atoms with van der Waals surface area (Å²) < 4.78 is 45.3. The van der Waals surface area contributed by atoms with Crippen LogP contribution >= 0.6 is 0 Å². The van der Waals surface area contributed by atoms with Crippen molar-refractivity contribution in [3.63, 3.8) is 0 Å². The fourth-order valence-electron chi connectivity index (χ4n) is 5.11. The smallest absolute Gasteiger partial charge is 0.381 e. The van der Waals surface area contributed by atoms with E-state index < -0.39 is 11.9 Å². The Morgan fingerprint density at radius 1 is 1.12 bits per heavy atom. The van der Waals surface area contributed by atoms with E-state index in [0.717, 1.165) is 44.8 Å². The minimum absolute atomic E-state index is 0.0821. The van der Waals surface area contributed by atoms with Crippen LogP contribution in [0.1, 0.15) is 42.1 Å². The molecule has 6 nitrogen and oxygen atoms in total. The highest BCUT2D eigenvalue weighted by Gasteiger charge is 2.37. The first-order valence-electron chi connectivity index (χ1n) is 11.0. The van der Waals surface area contributed by atoms with Gasteiger partial charge in [0, 0.05) is 26.2 Å². The van der Waals surface area contributed by atoms with E-state index in [2.05, 4.69) is 37.3 Å². The van der Waals surface area contributed by atoms with Crippen LogP contribution in [-0.2, 0) is 17.3 Å². The van der Waals surface area contributed by atoms with Gasteiger partial charge in [0.1, 0.15) is 23.5 Å². The molecule has 2 unspecified atom stereocenters. The largest absolute Gasteiger partial charge is 0.431 e. The Morgan fingerprint density at radius 2 is 1.91 bits per heavy atom. The van der Waals surface area contributed by atoms with Crippen molar-refractivity contribution in [1.29, 1.82) is 0 Å². The molecular formula is C23H26F3N5O. The van der Waals surface area contributed by atoms with Gasteiger partial charge in [-0.05, 0) is 42.9 Å². The summed E-state index contributed by atoms with van der Waals surface area (Å²) in [5.41, 5.74) is 1.80. The van der Waals surface area contributed by atoms with Crippen LogP contribution < -0.4 is 5.32 Å². The number of anilines is 1. The molecule has 1 aliphatic carbocycles. The number of rotatable bonds is 4. The molecule has 3 aromatic rings. The van der Waals surface area contributed by atoms with Crippen LogP contribution in [-0.4, -0.2) is 52.2 Å². The maximum atomic E-state index is 13.3. The number of aromatic amines is 1. The summed E-state index contributed by atoms with van der Waals surface area (Å²) in [5, 5.41) is 3.85. The SMILES string of the molecule is COC1CCN(C2CCc3ccccc3C2Nc2ncnc3[nH]c(C(F)(F)F)cc23)CC1. The highest BCUT2D eigenvalue weighted by molar-refractivity contribution is 5.88. The Hall–Kier alpha value is -2.65. The highest BCUT2D eigenvalue weighted by atomic mass is 19.4. The van der Waals surface area contributed by atoms with E-state index in [1.165, 1.54) is 17.5 Å². The monoisotopic (exact) mass is 445 g/mol. The molecule has 0 bridgehead atoms.